The summed E-state index contributed by atoms with van der Waals surface area (Å²) in [6.45, 7) is 4.85. The lowest BCUT2D eigenvalue weighted by Gasteiger charge is -2.20. The summed E-state index contributed by atoms with van der Waals surface area (Å²) in [4.78, 5) is 24.5. The van der Waals surface area contributed by atoms with Gasteiger partial charge in [-0.05, 0) is 96.3 Å². The van der Waals surface area contributed by atoms with E-state index in [1.54, 1.807) is 6.08 Å². The van der Waals surface area contributed by atoms with Gasteiger partial charge in [0.15, 0.2) is 0 Å². The number of aliphatic hydroxyl groups is 2. The van der Waals surface area contributed by atoms with Gasteiger partial charge in [-0.15, -0.1) is 0 Å². The van der Waals surface area contributed by atoms with Gasteiger partial charge in [-0.3, -0.25) is 9.59 Å². The monoisotopic (exact) mass is 994 g/mol. The van der Waals surface area contributed by atoms with Gasteiger partial charge in [0.2, 0.25) is 5.91 Å². The Balaban J connectivity index is 3.52. The first-order valence-corrected chi connectivity index (χ1v) is 31.1. The summed E-state index contributed by atoms with van der Waals surface area (Å²) in [5, 5.41) is 23.2. The van der Waals surface area contributed by atoms with Crippen molar-refractivity contribution >= 4 is 11.9 Å². The summed E-state index contributed by atoms with van der Waals surface area (Å²) in [5.74, 6) is -0.105. The third-order valence-corrected chi connectivity index (χ3v) is 14.0. The molecule has 0 aliphatic rings. The summed E-state index contributed by atoms with van der Waals surface area (Å²) in [6.07, 6.45) is 78.2. The number of amides is 1. The summed E-state index contributed by atoms with van der Waals surface area (Å²) in [6, 6.07) is -0.638. The maximum absolute atomic E-state index is 12.5. The van der Waals surface area contributed by atoms with Gasteiger partial charge in [0.25, 0.3) is 0 Å². The topological polar surface area (TPSA) is 95.9 Å². The van der Waals surface area contributed by atoms with Gasteiger partial charge in [0, 0.05) is 12.8 Å². The molecule has 0 heterocycles. The fourth-order valence-electron chi connectivity index (χ4n) is 9.24. The molecule has 0 saturated heterocycles. The highest BCUT2D eigenvalue weighted by atomic mass is 16.5. The predicted molar refractivity (Wildman–Crippen MR) is 310 cm³/mol. The number of allylic oxidation sites excluding steroid dienone is 9. The highest BCUT2D eigenvalue weighted by Crippen LogP contribution is 2.16. The van der Waals surface area contributed by atoms with Gasteiger partial charge in [-0.2, -0.15) is 0 Å². The van der Waals surface area contributed by atoms with E-state index in [1.165, 1.54) is 199 Å². The Morgan fingerprint density at radius 3 is 1.17 bits per heavy atom. The van der Waals surface area contributed by atoms with Crippen LogP contribution in [0.15, 0.2) is 60.8 Å². The summed E-state index contributed by atoms with van der Waals surface area (Å²) in [7, 11) is 0. The molecule has 0 aliphatic heterocycles. The smallest absolute Gasteiger partial charge is 0.305 e. The number of ether oxygens (including phenoxy) is 1. The van der Waals surface area contributed by atoms with Crippen molar-refractivity contribution in [3.63, 3.8) is 0 Å². The zero-order valence-corrected chi connectivity index (χ0v) is 47.2. The number of unbranched alkanes of at least 4 members (excludes halogenated alkanes) is 39. The molecule has 0 spiro atoms. The van der Waals surface area contributed by atoms with Crippen LogP contribution >= 0.6 is 0 Å². The average molecular weight is 995 g/mol. The fraction of sp³-hybridized carbons (Fsp3) is 0.815. The Bertz CT molecular complexity index is 1240. The van der Waals surface area contributed by atoms with Crippen molar-refractivity contribution in [3.05, 3.63) is 60.8 Å². The minimum atomic E-state index is -0.854. The van der Waals surface area contributed by atoms with Crippen molar-refractivity contribution in [1.29, 1.82) is 0 Å². The second kappa shape index (κ2) is 60.1. The molecule has 3 N–H and O–H groups in total. The lowest BCUT2D eigenvalue weighted by atomic mass is 10.0. The van der Waals surface area contributed by atoms with Crippen LogP contribution in [0.2, 0.25) is 0 Å². The van der Waals surface area contributed by atoms with Crippen molar-refractivity contribution in [2.24, 2.45) is 0 Å². The van der Waals surface area contributed by atoms with Crippen molar-refractivity contribution in [2.45, 2.75) is 328 Å². The minimum Gasteiger partial charge on any atom is -0.466 e. The summed E-state index contributed by atoms with van der Waals surface area (Å²) >= 11 is 0. The van der Waals surface area contributed by atoms with E-state index >= 15 is 0 Å². The second-order valence-electron chi connectivity index (χ2n) is 21.1. The van der Waals surface area contributed by atoms with E-state index in [0.717, 1.165) is 89.9 Å². The third kappa shape index (κ3) is 56.7. The van der Waals surface area contributed by atoms with Crippen molar-refractivity contribution in [1.82, 2.24) is 5.32 Å². The Kier molecular flexibility index (Phi) is 58.1. The molecule has 0 rings (SSSR count). The first-order chi connectivity index (χ1) is 35.0. The number of rotatable bonds is 57. The molecular formula is C65H119NO5. The molecule has 0 bridgehead atoms. The van der Waals surface area contributed by atoms with Gasteiger partial charge >= 0.3 is 5.97 Å². The molecule has 2 unspecified atom stereocenters. The molecule has 71 heavy (non-hydrogen) atoms. The molecule has 0 aromatic rings. The molecule has 6 heteroatoms. The van der Waals surface area contributed by atoms with E-state index < -0.39 is 12.1 Å². The maximum Gasteiger partial charge on any atom is 0.305 e. The van der Waals surface area contributed by atoms with Crippen LogP contribution in [-0.2, 0) is 14.3 Å². The molecule has 0 fully saturated rings. The van der Waals surface area contributed by atoms with Crippen LogP contribution in [0, 0.1) is 0 Å². The molecule has 1 amide bonds. The van der Waals surface area contributed by atoms with Gasteiger partial charge < -0.3 is 20.3 Å². The van der Waals surface area contributed by atoms with E-state index in [0.29, 0.717) is 19.4 Å². The summed E-state index contributed by atoms with van der Waals surface area (Å²) in [5.41, 5.74) is 0. The largest absolute Gasteiger partial charge is 0.466 e. The van der Waals surface area contributed by atoms with Crippen LogP contribution in [-0.4, -0.2) is 47.4 Å². The minimum absolute atomic E-state index is 0.0280. The Hall–Kier alpha value is -2.44. The SMILES string of the molecule is CCCCCC/C=C\C/C=C\CCCCCCCC(=O)OCCCCC/C=C\C=C/CCCCCCCCCCCCC(=O)NC(CO)C(O)/C=C/CCCCCCCCCCCCCCCCCCC. The van der Waals surface area contributed by atoms with Crippen molar-refractivity contribution < 1.29 is 24.5 Å². The first-order valence-electron chi connectivity index (χ1n) is 31.1. The highest BCUT2D eigenvalue weighted by Gasteiger charge is 2.18. The lowest BCUT2D eigenvalue weighted by Crippen LogP contribution is -2.45. The molecule has 6 nitrogen and oxygen atoms in total. The number of carbonyl (C=O) groups excluding carboxylic acids is 2. The molecule has 0 radical (unpaired) electrons. The Morgan fingerprint density at radius 1 is 0.408 bits per heavy atom. The van der Waals surface area contributed by atoms with E-state index in [-0.39, 0.29) is 18.5 Å². The van der Waals surface area contributed by atoms with Crippen LogP contribution in [0.25, 0.3) is 0 Å². The zero-order valence-electron chi connectivity index (χ0n) is 47.2. The van der Waals surface area contributed by atoms with Gasteiger partial charge in [-0.25, -0.2) is 0 Å². The van der Waals surface area contributed by atoms with Crippen molar-refractivity contribution in [2.75, 3.05) is 13.2 Å². The number of carbonyl (C=O) groups is 2. The van der Waals surface area contributed by atoms with E-state index in [9.17, 15) is 19.8 Å². The van der Waals surface area contributed by atoms with Crippen LogP contribution in [0.3, 0.4) is 0 Å². The average Bonchev–Trinajstić information content (AvgIpc) is 3.37. The standard InChI is InChI=1S/C65H119NO5/c1-3-5-7-9-11-13-15-17-19-21-23-26-29-33-37-41-45-49-53-57-63(68)62(61-67)66-64(69)58-54-50-46-42-38-34-30-27-24-22-25-28-32-36-40-44-48-52-56-60-71-65(70)59-55-51-47-43-39-35-31-20-18-16-14-12-10-8-6-4-2/h14,16,20,28,31-32,36,40,53,57,62-63,67-68H,3-13,15,17-19,21-27,29-30,33-35,37-39,41-52,54-56,58-61H2,1-2H3,(H,66,69)/b16-14-,31-20-,32-28-,40-36-,57-53+. The van der Waals surface area contributed by atoms with E-state index in [4.69, 9.17) is 4.74 Å². The molecule has 0 aromatic carbocycles. The third-order valence-electron chi connectivity index (χ3n) is 14.0. The Labute approximate surface area is 441 Å². The lowest BCUT2D eigenvalue weighted by molar-refractivity contribution is -0.143. The number of nitrogens with one attached hydrogen (secondary N) is 1. The van der Waals surface area contributed by atoms with Gasteiger partial charge in [-0.1, -0.05) is 267 Å². The van der Waals surface area contributed by atoms with Gasteiger partial charge in [0.1, 0.15) is 0 Å². The number of aliphatic hydroxyl groups excluding tert-OH is 2. The first kappa shape index (κ1) is 68.6. The van der Waals surface area contributed by atoms with Crippen LogP contribution in [0.1, 0.15) is 316 Å². The Morgan fingerprint density at radius 2 is 0.746 bits per heavy atom. The molecular weight excluding hydrogens is 875 g/mol. The highest BCUT2D eigenvalue weighted by molar-refractivity contribution is 5.76. The molecule has 2 atom stereocenters. The zero-order chi connectivity index (χ0) is 51.4. The van der Waals surface area contributed by atoms with Crippen molar-refractivity contribution in [3.8, 4) is 0 Å². The van der Waals surface area contributed by atoms with E-state index in [1.807, 2.05) is 6.08 Å². The maximum atomic E-state index is 12.5. The predicted octanol–water partition coefficient (Wildman–Crippen LogP) is 19.5. The second-order valence-corrected chi connectivity index (χ2v) is 21.1. The normalized spacial score (nSPS) is 13.0. The fourth-order valence-corrected chi connectivity index (χ4v) is 9.24. The quantitative estimate of drug-likeness (QED) is 0.0244. The number of hydrogen-bond donors (Lipinski definition) is 3. The number of esters is 1. The van der Waals surface area contributed by atoms with Gasteiger partial charge in [0.05, 0.1) is 25.4 Å². The van der Waals surface area contributed by atoms with Crippen LogP contribution in [0.5, 0.6) is 0 Å². The van der Waals surface area contributed by atoms with Crippen LogP contribution in [0.4, 0.5) is 0 Å². The molecule has 0 aromatic heterocycles. The summed E-state index contributed by atoms with van der Waals surface area (Å²) < 4.78 is 5.45. The van der Waals surface area contributed by atoms with E-state index in [2.05, 4.69) is 67.8 Å². The molecule has 0 aliphatic carbocycles. The molecule has 0 saturated carbocycles. The van der Waals surface area contributed by atoms with Crippen LogP contribution < -0.4 is 5.32 Å². The molecule has 414 valence electrons. The number of hydrogen-bond acceptors (Lipinski definition) is 5.